The number of pyridine rings is 1. The molecule has 4 rings (SSSR count). The second-order valence-electron chi connectivity index (χ2n) is 8.31. The highest BCUT2D eigenvalue weighted by Gasteiger charge is 2.48. The minimum absolute atomic E-state index is 0.0928. The molecule has 1 atom stereocenters. The van der Waals surface area contributed by atoms with Gasteiger partial charge in [0.05, 0.1) is 31.5 Å². The lowest BCUT2D eigenvalue weighted by Crippen LogP contribution is -2.66. The minimum atomic E-state index is -5.08. The fourth-order valence-electron chi connectivity index (χ4n) is 3.41. The van der Waals surface area contributed by atoms with Crippen molar-refractivity contribution >= 4 is 17.8 Å². The Morgan fingerprint density at radius 3 is 2.16 bits per heavy atom. The van der Waals surface area contributed by atoms with Gasteiger partial charge in [-0.05, 0) is 37.1 Å². The van der Waals surface area contributed by atoms with Crippen LogP contribution in [0, 0.1) is 6.92 Å². The van der Waals surface area contributed by atoms with E-state index in [1.165, 1.54) is 0 Å². The molecule has 2 aromatic rings. The fourth-order valence-corrected chi connectivity index (χ4v) is 3.41. The average Bonchev–Trinajstić information content (AvgIpc) is 2.82. The van der Waals surface area contributed by atoms with Crippen LogP contribution in [0.2, 0.25) is 0 Å². The molecule has 16 heteroatoms. The van der Waals surface area contributed by atoms with Crippen LogP contribution in [0.15, 0.2) is 36.7 Å². The summed E-state index contributed by atoms with van der Waals surface area (Å²) in [6, 6.07) is 8.00. The number of nitrogens with zero attached hydrogens (tertiary/aromatic N) is 4. The van der Waals surface area contributed by atoms with Gasteiger partial charge in [0.1, 0.15) is 5.60 Å². The highest BCUT2D eigenvalue weighted by atomic mass is 19.4. The molecule has 10 nitrogen and oxygen atoms in total. The molecule has 1 unspecified atom stereocenters. The maximum atomic E-state index is 10.6. The predicted molar refractivity (Wildman–Crippen MR) is 117 cm³/mol. The van der Waals surface area contributed by atoms with Gasteiger partial charge in [-0.15, -0.1) is 5.10 Å². The molecule has 2 N–H and O–H groups in total. The number of rotatable bonds is 4. The summed E-state index contributed by atoms with van der Waals surface area (Å²) in [6.07, 6.45) is -4.40. The van der Waals surface area contributed by atoms with Crippen LogP contribution in [0.5, 0.6) is 0 Å². The summed E-state index contributed by atoms with van der Waals surface area (Å²) in [5, 5.41) is 22.6. The molecule has 4 heterocycles. The van der Waals surface area contributed by atoms with Crippen LogP contribution < -0.4 is 4.90 Å². The number of halogens is 6. The smallest absolute Gasteiger partial charge is 0.475 e. The van der Waals surface area contributed by atoms with Crippen molar-refractivity contribution in [2.45, 2.75) is 50.4 Å². The Kier molecular flexibility index (Phi) is 10.4. The number of hydrogen-bond acceptors (Lipinski definition) is 8. The lowest BCUT2D eigenvalue weighted by Gasteiger charge is -2.53. The van der Waals surface area contributed by atoms with E-state index in [0.29, 0.717) is 6.61 Å². The summed E-state index contributed by atoms with van der Waals surface area (Å²) in [7, 11) is 0. The second-order valence-corrected chi connectivity index (χ2v) is 8.31. The summed E-state index contributed by atoms with van der Waals surface area (Å²) in [5.74, 6) is -4.59. The third-order valence-corrected chi connectivity index (χ3v) is 5.21. The zero-order valence-electron chi connectivity index (χ0n) is 19.9. The van der Waals surface area contributed by atoms with E-state index in [9.17, 15) is 26.3 Å². The Bertz CT molecular complexity index is 1020. The molecule has 2 aromatic heterocycles. The third-order valence-electron chi connectivity index (χ3n) is 5.21. The number of carbonyl (C=O) groups is 2. The van der Waals surface area contributed by atoms with Crippen molar-refractivity contribution in [2.75, 3.05) is 24.6 Å². The number of alkyl halides is 6. The van der Waals surface area contributed by atoms with Crippen LogP contribution in [-0.4, -0.2) is 81.1 Å². The van der Waals surface area contributed by atoms with Gasteiger partial charge in [0.25, 0.3) is 0 Å². The summed E-state index contributed by atoms with van der Waals surface area (Å²) in [5.41, 5.74) is 1.96. The van der Waals surface area contributed by atoms with Gasteiger partial charge in [0, 0.05) is 25.4 Å². The Morgan fingerprint density at radius 2 is 1.68 bits per heavy atom. The van der Waals surface area contributed by atoms with E-state index >= 15 is 0 Å². The normalized spacial score (nSPS) is 18.3. The molecule has 0 saturated carbocycles. The number of hydrogen-bond donors (Lipinski definition) is 2. The van der Waals surface area contributed by atoms with Gasteiger partial charge >= 0.3 is 24.3 Å². The predicted octanol–water partition coefficient (Wildman–Crippen LogP) is 3.40. The monoisotopic (exact) mass is 554 g/mol. The first-order valence-corrected chi connectivity index (χ1v) is 10.9. The Labute approximate surface area is 212 Å². The molecule has 0 amide bonds. The number of ether oxygens (including phenoxy) is 2. The van der Waals surface area contributed by atoms with Crippen LogP contribution in [0.1, 0.15) is 24.1 Å². The quantitative estimate of drug-likeness (QED) is 0.542. The summed E-state index contributed by atoms with van der Waals surface area (Å²) in [4.78, 5) is 24.1. The average molecular weight is 554 g/mol. The lowest BCUT2D eigenvalue weighted by molar-refractivity contribution is -0.193. The zero-order chi connectivity index (χ0) is 28.6. The van der Waals surface area contributed by atoms with Gasteiger partial charge in [-0.25, -0.2) is 9.59 Å². The van der Waals surface area contributed by atoms with E-state index in [-0.39, 0.29) is 11.7 Å². The van der Waals surface area contributed by atoms with E-state index in [1.54, 1.807) is 6.20 Å². The third kappa shape index (κ3) is 9.74. The van der Waals surface area contributed by atoms with Gasteiger partial charge in [-0.3, -0.25) is 4.98 Å². The van der Waals surface area contributed by atoms with Gasteiger partial charge in [0.2, 0.25) is 0 Å². The minimum Gasteiger partial charge on any atom is -0.475 e. The molecule has 210 valence electrons. The lowest BCUT2D eigenvalue weighted by atomic mass is 9.84. The Morgan fingerprint density at radius 1 is 1.08 bits per heavy atom. The topological polar surface area (TPSA) is 135 Å². The summed E-state index contributed by atoms with van der Waals surface area (Å²) >= 11 is 0. The highest BCUT2D eigenvalue weighted by molar-refractivity contribution is 5.73. The second kappa shape index (κ2) is 12.8. The molecule has 1 spiro atoms. The van der Waals surface area contributed by atoms with Crippen molar-refractivity contribution in [3.63, 3.8) is 0 Å². The molecule has 0 aliphatic carbocycles. The van der Waals surface area contributed by atoms with Crippen molar-refractivity contribution in [2.24, 2.45) is 0 Å². The standard InChI is InChI=1S/C18H22N4O2.2C2HF3O2/c1-14-4-5-17(21-20-14)22-12-18(13-22)9-16(6-8-24-18)23-11-15-3-2-7-19-10-15;2*3-2(4,5)1(6)7/h2-5,7,10,16H,6,8-9,11-13H2,1H3;2*(H,6,7). The van der Waals surface area contributed by atoms with Crippen molar-refractivity contribution in [1.82, 2.24) is 15.2 Å². The maximum Gasteiger partial charge on any atom is 0.490 e. The first kappa shape index (κ1) is 30.7. The van der Waals surface area contributed by atoms with Gasteiger partial charge in [-0.2, -0.15) is 31.4 Å². The van der Waals surface area contributed by atoms with Gasteiger partial charge in [0.15, 0.2) is 5.82 Å². The van der Waals surface area contributed by atoms with Crippen molar-refractivity contribution in [1.29, 1.82) is 0 Å². The van der Waals surface area contributed by atoms with Crippen molar-refractivity contribution < 1.29 is 55.6 Å². The number of carboxylic acids is 2. The number of anilines is 1. The Balaban J connectivity index is 0.000000301. The molecule has 2 aliphatic heterocycles. The SMILES string of the molecule is Cc1ccc(N2CC3(CC(OCc4cccnc4)CCO3)C2)nn1.O=C(O)C(F)(F)F.O=C(O)C(F)(F)F. The molecule has 0 radical (unpaired) electrons. The van der Waals surface area contributed by atoms with Crippen LogP contribution in [0.4, 0.5) is 32.2 Å². The number of aromatic nitrogens is 3. The number of carboxylic acid groups (broad SMARTS) is 2. The fraction of sp³-hybridized carbons (Fsp3) is 0.500. The summed E-state index contributed by atoms with van der Waals surface area (Å²) < 4.78 is 75.6. The molecule has 2 aliphatic rings. The van der Waals surface area contributed by atoms with E-state index in [4.69, 9.17) is 29.3 Å². The molecule has 0 aromatic carbocycles. The molecular weight excluding hydrogens is 530 g/mol. The van der Waals surface area contributed by atoms with Crippen LogP contribution in [0.3, 0.4) is 0 Å². The summed E-state index contributed by atoms with van der Waals surface area (Å²) in [6.45, 7) is 5.03. The first-order valence-electron chi connectivity index (χ1n) is 10.9. The van der Waals surface area contributed by atoms with Crippen LogP contribution in [0.25, 0.3) is 0 Å². The van der Waals surface area contributed by atoms with Gasteiger partial charge < -0.3 is 24.6 Å². The van der Waals surface area contributed by atoms with Crippen molar-refractivity contribution in [3.8, 4) is 0 Å². The molecule has 38 heavy (non-hydrogen) atoms. The van der Waals surface area contributed by atoms with Crippen molar-refractivity contribution in [3.05, 3.63) is 47.9 Å². The highest BCUT2D eigenvalue weighted by Crippen LogP contribution is 2.37. The van der Waals surface area contributed by atoms with Crippen LogP contribution >= 0.6 is 0 Å². The van der Waals surface area contributed by atoms with Crippen LogP contribution in [-0.2, 0) is 25.7 Å². The molecular formula is C22H24F6N4O6. The molecule has 0 bridgehead atoms. The maximum absolute atomic E-state index is 10.6. The van der Waals surface area contributed by atoms with Gasteiger partial charge in [-0.1, -0.05) is 6.07 Å². The van der Waals surface area contributed by atoms with E-state index < -0.39 is 24.3 Å². The van der Waals surface area contributed by atoms with E-state index in [2.05, 4.69) is 20.1 Å². The number of aryl methyl sites for hydroxylation is 1. The van der Waals surface area contributed by atoms with E-state index in [0.717, 1.165) is 49.6 Å². The zero-order valence-corrected chi connectivity index (χ0v) is 19.9. The molecule has 2 saturated heterocycles. The number of aliphatic carboxylic acids is 2. The Hall–Kier alpha value is -3.53. The van der Waals surface area contributed by atoms with E-state index in [1.807, 2.05) is 37.4 Å². The molecule has 2 fully saturated rings. The first-order chi connectivity index (χ1) is 17.6. The largest absolute Gasteiger partial charge is 0.490 e.